The zero-order valence-corrected chi connectivity index (χ0v) is 11.0. The second kappa shape index (κ2) is 5.22. The van der Waals surface area contributed by atoms with Gasteiger partial charge in [-0.15, -0.1) is 0 Å². The third-order valence-electron chi connectivity index (χ3n) is 4.13. The van der Waals surface area contributed by atoms with Gasteiger partial charge in [-0.3, -0.25) is 0 Å². The highest BCUT2D eigenvalue weighted by Gasteiger charge is 2.25. The highest BCUT2D eigenvalue weighted by molar-refractivity contribution is 5.31. The normalized spacial score (nSPS) is 27.6. The lowest BCUT2D eigenvalue weighted by atomic mass is 9.88. The summed E-state index contributed by atoms with van der Waals surface area (Å²) in [5, 5.41) is 3.37. The molecule has 2 unspecified atom stereocenters. The van der Waals surface area contributed by atoms with Gasteiger partial charge in [0.05, 0.1) is 5.69 Å². The number of hydrogen-bond donors (Lipinski definition) is 1. The Hall–Kier alpha value is -1.16. The van der Waals surface area contributed by atoms with E-state index in [4.69, 9.17) is 4.74 Å². The highest BCUT2D eigenvalue weighted by atomic mass is 16.5. The summed E-state index contributed by atoms with van der Waals surface area (Å²) in [6, 6.07) is 0. The van der Waals surface area contributed by atoms with Gasteiger partial charge >= 0.3 is 0 Å². The van der Waals surface area contributed by atoms with E-state index in [1.165, 1.54) is 24.8 Å². The molecule has 4 nitrogen and oxygen atoms in total. The fourth-order valence-corrected chi connectivity index (χ4v) is 2.95. The summed E-state index contributed by atoms with van der Waals surface area (Å²) in [5.41, 5.74) is 2.32. The van der Waals surface area contributed by atoms with Crippen molar-refractivity contribution in [1.29, 1.82) is 0 Å². The van der Waals surface area contributed by atoms with E-state index in [0.29, 0.717) is 12.0 Å². The van der Waals surface area contributed by atoms with E-state index in [9.17, 15) is 0 Å². The van der Waals surface area contributed by atoms with Gasteiger partial charge in [0.1, 0.15) is 12.4 Å². The molecule has 3 rings (SSSR count). The third-order valence-corrected chi connectivity index (χ3v) is 4.13. The smallest absolute Gasteiger partial charge is 0.221 e. The molecule has 0 spiro atoms. The van der Waals surface area contributed by atoms with Crippen LogP contribution in [0.1, 0.15) is 43.9 Å². The van der Waals surface area contributed by atoms with Crippen LogP contribution >= 0.6 is 0 Å². The summed E-state index contributed by atoms with van der Waals surface area (Å²) in [6.45, 7) is 4.13. The van der Waals surface area contributed by atoms with Crippen LogP contribution in [0.25, 0.3) is 0 Å². The number of hydrogen-bond acceptors (Lipinski definition) is 4. The SMILES string of the molecule is CC1CCCCC1Oc1ncnc2c1CNCC2. The van der Waals surface area contributed by atoms with Crippen molar-refractivity contribution >= 4 is 0 Å². The van der Waals surface area contributed by atoms with Crippen LogP contribution in [0.5, 0.6) is 5.88 Å². The molecule has 1 aliphatic carbocycles. The first-order valence-corrected chi connectivity index (χ1v) is 7.04. The van der Waals surface area contributed by atoms with Crippen LogP contribution < -0.4 is 10.1 Å². The van der Waals surface area contributed by atoms with E-state index in [1.54, 1.807) is 6.33 Å². The Morgan fingerprint density at radius 2 is 2.17 bits per heavy atom. The molecule has 1 aromatic rings. The summed E-state index contributed by atoms with van der Waals surface area (Å²) >= 11 is 0. The first-order chi connectivity index (χ1) is 8.84. The molecule has 1 aliphatic heterocycles. The number of nitrogens with zero attached hydrogens (tertiary/aromatic N) is 2. The highest BCUT2D eigenvalue weighted by Crippen LogP contribution is 2.29. The van der Waals surface area contributed by atoms with Gasteiger partial charge in [0.25, 0.3) is 0 Å². The third kappa shape index (κ3) is 2.34. The minimum atomic E-state index is 0.333. The maximum Gasteiger partial charge on any atom is 0.221 e. The van der Waals surface area contributed by atoms with E-state index < -0.39 is 0 Å². The van der Waals surface area contributed by atoms with Crippen molar-refractivity contribution in [3.05, 3.63) is 17.6 Å². The molecule has 1 saturated carbocycles. The van der Waals surface area contributed by atoms with Gasteiger partial charge in [-0.2, -0.15) is 0 Å². The number of nitrogens with one attached hydrogen (secondary N) is 1. The Morgan fingerprint density at radius 1 is 1.28 bits per heavy atom. The first-order valence-electron chi connectivity index (χ1n) is 7.04. The number of fused-ring (bicyclic) bond motifs is 1. The molecule has 2 heterocycles. The largest absolute Gasteiger partial charge is 0.474 e. The predicted molar refractivity (Wildman–Crippen MR) is 69.5 cm³/mol. The molecule has 98 valence electrons. The Kier molecular flexibility index (Phi) is 3.46. The van der Waals surface area contributed by atoms with Crippen LogP contribution in [0.15, 0.2) is 6.33 Å². The molecule has 0 aromatic carbocycles. The lowest BCUT2D eigenvalue weighted by Gasteiger charge is -2.30. The van der Waals surface area contributed by atoms with E-state index in [-0.39, 0.29) is 0 Å². The number of rotatable bonds is 2. The molecule has 0 radical (unpaired) electrons. The maximum absolute atomic E-state index is 6.17. The molecular weight excluding hydrogens is 226 g/mol. The van der Waals surface area contributed by atoms with Gasteiger partial charge in [-0.05, 0) is 25.2 Å². The number of aromatic nitrogens is 2. The lowest BCUT2D eigenvalue weighted by Crippen LogP contribution is -2.31. The van der Waals surface area contributed by atoms with Crippen LogP contribution in [0.4, 0.5) is 0 Å². The molecule has 1 fully saturated rings. The van der Waals surface area contributed by atoms with Crippen molar-refractivity contribution in [3.63, 3.8) is 0 Å². The standard InChI is InChI=1S/C14H21N3O/c1-10-4-2-3-5-13(10)18-14-11-8-15-7-6-12(11)16-9-17-14/h9-10,13,15H,2-8H2,1H3. The van der Waals surface area contributed by atoms with Crippen LogP contribution in [-0.4, -0.2) is 22.6 Å². The quantitative estimate of drug-likeness (QED) is 0.869. The molecule has 0 saturated heterocycles. The second-order valence-corrected chi connectivity index (χ2v) is 5.45. The van der Waals surface area contributed by atoms with Gasteiger partial charge in [-0.1, -0.05) is 13.3 Å². The average molecular weight is 247 g/mol. The summed E-state index contributed by atoms with van der Waals surface area (Å²) < 4.78 is 6.17. The lowest BCUT2D eigenvalue weighted by molar-refractivity contribution is 0.0957. The van der Waals surface area contributed by atoms with Crippen molar-refractivity contribution in [2.45, 2.75) is 51.7 Å². The average Bonchev–Trinajstić information content (AvgIpc) is 2.42. The summed E-state index contributed by atoms with van der Waals surface area (Å²) in [5.74, 6) is 1.45. The summed E-state index contributed by atoms with van der Waals surface area (Å²) in [6.07, 6.45) is 8.01. The van der Waals surface area contributed by atoms with Gasteiger partial charge in [-0.25, -0.2) is 9.97 Å². The fraction of sp³-hybridized carbons (Fsp3) is 0.714. The van der Waals surface area contributed by atoms with E-state index in [0.717, 1.165) is 37.5 Å². The van der Waals surface area contributed by atoms with Gasteiger partial charge in [0.15, 0.2) is 0 Å². The van der Waals surface area contributed by atoms with Gasteiger partial charge < -0.3 is 10.1 Å². The zero-order chi connectivity index (χ0) is 12.4. The van der Waals surface area contributed by atoms with Crippen molar-refractivity contribution in [2.24, 2.45) is 5.92 Å². The zero-order valence-electron chi connectivity index (χ0n) is 11.0. The van der Waals surface area contributed by atoms with Crippen molar-refractivity contribution in [1.82, 2.24) is 15.3 Å². The first kappa shape index (κ1) is 11.9. The van der Waals surface area contributed by atoms with Crippen molar-refractivity contribution in [3.8, 4) is 5.88 Å². The van der Waals surface area contributed by atoms with Crippen molar-refractivity contribution in [2.75, 3.05) is 6.54 Å². The molecule has 1 aromatic heterocycles. The molecule has 2 atom stereocenters. The molecule has 18 heavy (non-hydrogen) atoms. The molecule has 0 amide bonds. The van der Waals surface area contributed by atoms with Gasteiger partial charge in [0.2, 0.25) is 5.88 Å². The van der Waals surface area contributed by atoms with Crippen LogP contribution in [0.2, 0.25) is 0 Å². The predicted octanol–water partition coefficient (Wildman–Crippen LogP) is 2.08. The Labute approximate surface area is 108 Å². The minimum Gasteiger partial charge on any atom is -0.474 e. The van der Waals surface area contributed by atoms with E-state index in [1.807, 2.05) is 0 Å². The molecule has 0 bridgehead atoms. The molecular formula is C14H21N3O. The Balaban J connectivity index is 1.79. The second-order valence-electron chi connectivity index (χ2n) is 5.45. The number of ether oxygens (including phenoxy) is 1. The summed E-state index contributed by atoms with van der Waals surface area (Å²) in [7, 11) is 0. The van der Waals surface area contributed by atoms with Crippen molar-refractivity contribution < 1.29 is 4.74 Å². The maximum atomic E-state index is 6.17. The van der Waals surface area contributed by atoms with Crippen LogP contribution in [0.3, 0.4) is 0 Å². The topological polar surface area (TPSA) is 47.0 Å². The van der Waals surface area contributed by atoms with Crippen LogP contribution in [-0.2, 0) is 13.0 Å². The van der Waals surface area contributed by atoms with E-state index in [2.05, 4.69) is 22.2 Å². The molecule has 2 aliphatic rings. The minimum absolute atomic E-state index is 0.333. The molecule has 1 N–H and O–H groups in total. The van der Waals surface area contributed by atoms with Crippen LogP contribution in [0, 0.1) is 5.92 Å². The summed E-state index contributed by atoms with van der Waals surface area (Å²) in [4.78, 5) is 8.71. The van der Waals surface area contributed by atoms with Gasteiger partial charge in [0, 0.05) is 25.1 Å². The monoisotopic (exact) mass is 247 g/mol. The fourth-order valence-electron chi connectivity index (χ4n) is 2.95. The Morgan fingerprint density at radius 3 is 3.06 bits per heavy atom. The molecule has 4 heteroatoms. The van der Waals surface area contributed by atoms with E-state index >= 15 is 0 Å². The Bertz CT molecular complexity index is 422.